The highest BCUT2D eigenvalue weighted by Crippen LogP contribution is 2.26. The number of likely N-dealkylation sites (tertiary alicyclic amines) is 2. The predicted molar refractivity (Wildman–Crippen MR) is 101 cm³/mol. The number of hydrogen-bond donors (Lipinski definition) is 1. The van der Waals surface area contributed by atoms with Crippen molar-refractivity contribution in [3.8, 4) is 0 Å². The van der Waals surface area contributed by atoms with Gasteiger partial charge in [-0.3, -0.25) is 9.59 Å². The molecule has 152 valence electrons. The summed E-state index contributed by atoms with van der Waals surface area (Å²) >= 11 is 0. The molecule has 2 rings (SSSR count). The molecule has 1 N–H and O–H groups in total. The van der Waals surface area contributed by atoms with Crippen LogP contribution >= 0.6 is 0 Å². The number of hydrogen-bond acceptors (Lipinski definition) is 4. The van der Waals surface area contributed by atoms with Crippen molar-refractivity contribution in [2.45, 2.75) is 59.0 Å². The maximum atomic E-state index is 12.5. The molecule has 0 saturated carbocycles. The maximum Gasteiger partial charge on any atom is 0.410 e. The molecule has 0 aromatic rings. The molecule has 2 aliphatic rings. The second kappa shape index (κ2) is 8.76. The third kappa shape index (κ3) is 6.26. The van der Waals surface area contributed by atoms with E-state index in [1.165, 1.54) is 0 Å². The van der Waals surface area contributed by atoms with Crippen LogP contribution in [0, 0.1) is 11.8 Å². The Balaban J connectivity index is 1.87. The number of carboxylic acid groups (broad SMARTS) is 1. The number of nitrogens with zero attached hydrogens (tertiary/aromatic N) is 2. The zero-order chi connectivity index (χ0) is 20.2. The van der Waals surface area contributed by atoms with Gasteiger partial charge in [-0.1, -0.05) is 5.57 Å². The first kappa shape index (κ1) is 21.3. The van der Waals surface area contributed by atoms with Crippen LogP contribution in [-0.2, 0) is 14.3 Å². The Hall–Kier alpha value is -2.05. The van der Waals surface area contributed by atoms with Crippen LogP contribution in [0.2, 0.25) is 0 Å². The monoisotopic (exact) mass is 380 g/mol. The van der Waals surface area contributed by atoms with Crippen LogP contribution in [0.1, 0.15) is 53.4 Å². The second-order valence-electron chi connectivity index (χ2n) is 8.59. The minimum Gasteiger partial charge on any atom is -0.481 e. The lowest BCUT2D eigenvalue weighted by Gasteiger charge is -2.34. The molecule has 7 heteroatoms. The van der Waals surface area contributed by atoms with Gasteiger partial charge < -0.3 is 19.6 Å². The van der Waals surface area contributed by atoms with E-state index >= 15 is 0 Å². The molecule has 0 aliphatic carbocycles. The number of ether oxygens (including phenoxy) is 1. The third-order valence-corrected chi connectivity index (χ3v) is 5.22. The van der Waals surface area contributed by atoms with Crippen molar-refractivity contribution < 1.29 is 24.2 Å². The number of carboxylic acids is 1. The maximum absolute atomic E-state index is 12.5. The minimum atomic E-state index is -0.831. The van der Waals surface area contributed by atoms with E-state index in [4.69, 9.17) is 9.84 Å². The Labute approximate surface area is 161 Å². The highest BCUT2D eigenvalue weighted by Gasteiger charge is 2.29. The third-order valence-electron chi connectivity index (χ3n) is 5.22. The topological polar surface area (TPSA) is 87.2 Å². The largest absolute Gasteiger partial charge is 0.481 e. The first-order chi connectivity index (χ1) is 12.6. The van der Waals surface area contributed by atoms with Gasteiger partial charge in [0.15, 0.2) is 0 Å². The van der Waals surface area contributed by atoms with Gasteiger partial charge >= 0.3 is 12.1 Å². The van der Waals surface area contributed by atoms with E-state index in [1.807, 2.05) is 27.7 Å². The van der Waals surface area contributed by atoms with E-state index in [-0.39, 0.29) is 24.5 Å². The van der Waals surface area contributed by atoms with Gasteiger partial charge in [-0.15, -0.1) is 0 Å². The predicted octanol–water partition coefficient (Wildman–Crippen LogP) is 2.90. The number of piperidine rings is 2. The van der Waals surface area contributed by atoms with Crippen molar-refractivity contribution in [2.24, 2.45) is 11.8 Å². The summed E-state index contributed by atoms with van der Waals surface area (Å²) in [4.78, 5) is 39.2. The molecule has 0 radical (unpaired) electrons. The van der Waals surface area contributed by atoms with Crippen molar-refractivity contribution in [3.63, 3.8) is 0 Å². The molecule has 2 amide bonds. The molecule has 0 aromatic carbocycles. The van der Waals surface area contributed by atoms with Crippen LogP contribution < -0.4 is 0 Å². The number of aliphatic carboxylic acids is 1. The van der Waals surface area contributed by atoms with Gasteiger partial charge in [0.25, 0.3) is 0 Å². The summed E-state index contributed by atoms with van der Waals surface area (Å²) in [5, 5.41) is 9.17. The van der Waals surface area contributed by atoms with E-state index in [0.717, 1.165) is 24.8 Å². The molecule has 27 heavy (non-hydrogen) atoms. The summed E-state index contributed by atoms with van der Waals surface area (Å²) in [5.74, 6) is -1.14. The lowest BCUT2D eigenvalue weighted by atomic mass is 9.89. The molecule has 0 aromatic heterocycles. The molecule has 2 aliphatic heterocycles. The molecule has 1 unspecified atom stereocenters. The van der Waals surface area contributed by atoms with Crippen LogP contribution in [0.3, 0.4) is 0 Å². The van der Waals surface area contributed by atoms with E-state index in [1.54, 1.807) is 15.9 Å². The smallest absolute Gasteiger partial charge is 0.410 e. The van der Waals surface area contributed by atoms with E-state index < -0.39 is 17.5 Å². The summed E-state index contributed by atoms with van der Waals surface area (Å²) in [6, 6.07) is 0. The number of rotatable bonds is 3. The molecule has 2 fully saturated rings. The Morgan fingerprint density at radius 2 is 1.63 bits per heavy atom. The van der Waals surface area contributed by atoms with Gasteiger partial charge in [0, 0.05) is 32.3 Å². The summed E-state index contributed by atoms with van der Waals surface area (Å²) < 4.78 is 5.41. The Kier molecular flexibility index (Phi) is 6.89. The lowest BCUT2D eigenvalue weighted by Crippen LogP contribution is -2.42. The highest BCUT2D eigenvalue weighted by atomic mass is 16.6. The van der Waals surface area contributed by atoms with Gasteiger partial charge in [0.2, 0.25) is 5.91 Å². The average Bonchev–Trinajstić information content (AvgIpc) is 2.60. The first-order valence-corrected chi connectivity index (χ1v) is 9.74. The zero-order valence-corrected chi connectivity index (χ0v) is 16.9. The number of amides is 2. The number of carbonyl (C=O) groups excluding carboxylic acids is 2. The van der Waals surface area contributed by atoms with Gasteiger partial charge in [0.1, 0.15) is 5.60 Å². The summed E-state index contributed by atoms with van der Waals surface area (Å²) in [5.41, 5.74) is 0.500. The Morgan fingerprint density at radius 1 is 1.00 bits per heavy atom. The van der Waals surface area contributed by atoms with Crippen molar-refractivity contribution in [1.82, 2.24) is 9.80 Å². The van der Waals surface area contributed by atoms with Crippen LogP contribution in [-0.4, -0.2) is 64.7 Å². The molecular weight excluding hydrogens is 348 g/mol. The summed E-state index contributed by atoms with van der Waals surface area (Å²) in [6.07, 6.45) is 4.32. The van der Waals surface area contributed by atoms with Crippen molar-refractivity contribution in [3.05, 3.63) is 11.6 Å². The van der Waals surface area contributed by atoms with Gasteiger partial charge in [-0.05, 0) is 59.3 Å². The number of carbonyl (C=O) groups is 3. The fourth-order valence-electron chi connectivity index (χ4n) is 3.63. The average molecular weight is 380 g/mol. The van der Waals surface area contributed by atoms with Gasteiger partial charge in [-0.25, -0.2) is 4.79 Å². The van der Waals surface area contributed by atoms with Gasteiger partial charge in [-0.2, -0.15) is 0 Å². The highest BCUT2D eigenvalue weighted by molar-refractivity contribution is 5.88. The first-order valence-electron chi connectivity index (χ1n) is 9.74. The summed E-state index contributed by atoms with van der Waals surface area (Å²) in [6.45, 7) is 9.64. The molecule has 0 bridgehead atoms. The fourth-order valence-corrected chi connectivity index (χ4v) is 3.63. The van der Waals surface area contributed by atoms with Crippen LogP contribution in [0.4, 0.5) is 4.79 Å². The van der Waals surface area contributed by atoms with Crippen LogP contribution in [0.15, 0.2) is 11.6 Å². The van der Waals surface area contributed by atoms with E-state index in [2.05, 4.69) is 0 Å². The van der Waals surface area contributed by atoms with Crippen molar-refractivity contribution in [1.29, 1.82) is 0 Å². The summed E-state index contributed by atoms with van der Waals surface area (Å²) in [7, 11) is 0. The number of allylic oxidation sites excluding steroid dienone is 1. The van der Waals surface area contributed by atoms with E-state index in [9.17, 15) is 14.4 Å². The zero-order valence-electron chi connectivity index (χ0n) is 16.9. The minimum absolute atomic E-state index is 0.104. The fraction of sp³-hybridized carbons (Fsp3) is 0.750. The van der Waals surface area contributed by atoms with Crippen LogP contribution in [0.25, 0.3) is 0 Å². The molecule has 0 spiro atoms. The lowest BCUT2D eigenvalue weighted by molar-refractivity contribution is -0.144. The van der Waals surface area contributed by atoms with Crippen molar-refractivity contribution in [2.75, 3.05) is 26.2 Å². The molecular formula is C20H32N2O5. The Morgan fingerprint density at radius 3 is 2.19 bits per heavy atom. The molecule has 7 nitrogen and oxygen atoms in total. The van der Waals surface area contributed by atoms with Crippen LogP contribution in [0.5, 0.6) is 0 Å². The van der Waals surface area contributed by atoms with Crippen molar-refractivity contribution >= 4 is 18.0 Å². The standard InChI is InChI=1S/C20H32N2O5/c1-14(12-17(23)22-9-5-6-16(13-22)18(24)25)15-7-10-21(11-8-15)19(26)27-20(2,3)4/h12,15-16H,5-11,13H2,1-4H3,(H,24,25). The molecule has 2 heterocycles. The van der Waals surface area contributed by atoms with Gasteiger partial charge in [0.05, 0.1) is 5.92 Å². The second-order valence-corrected chi connectivity index (χ2v) is 8.59. The quantitative estimate of drug-likeness (QED) is 0.761. The Bertz CT molecular complexity index is 600. The van der Waals surface area contributed by atoms with E-state index in [0.29, 0.717) is 26.1 Å². The molecule has 1 atom stereocenters. The SMILES string of the molecule is CC(=CC(=O)N1CCCC(C(=O)O)C1)C1CCN(C(=O)OC(C)(C)C)CC1. The molecule has 2 saturated heterocycles. The normalized spacial score (nSPS) is 22.5.